The van der Waals surface area contributed by atoms with Gasteiger partial charge in [0.25, 0.3) is 0 Å². The van der Waals surface area contributed by atoms with Gasteiger partial charge < -0.3 is 28.4 Å². The third kappa shape index (κ3) is 4.90. The van der Waals surface area contributed by atoms with E-state index in [1.165, 1.54) is 7.11 Å². The molecule has 0 unspecified atom stereocenters. The van der Waals surface area contributed by atoms with Crippen molar-refractivity contribution >= 4 is 23.9 Å². The summed E-state index contributed by atoms with van der Waals surface area (Å²) in [6.07, 6.45) is -6.62. The Morgan fingerprint density at radius 3 is 1.62 bits per heavy atom. The van der Waals surface area contributed by atoms with Crippen molar-refractivity contribution in [2.24, 2.45) is 0 Å². The maximum absolute atomic E-state index is 11.9. The van der Waals surface area contributed by atoms with Crippen LogP contribution in [0.3, 0.4) is 0 Å². The number of methoxy groups -OCH3 is 2. The first-order chi connectivity index (χ1) is 11.2. The van der Waals surface area contributed by atoms with Gasteiger partial charge in [-0.3, -0.25) is 14.4 Å². The van der Waals surface area contributed by atoms with E-state index in [4.69, 9.17) is 23.7 Å². The lowest BCUT2D eigenvalue weighted by atomic mass is 9.97. The van der Waals surface area contributed by atoms with Crippen LogP contribution in [-0.2, 0) is 47.6 Å². The zero-order chi connectivity index (χ0) is 18.4. The Labute approximate surface area is 138 Å². The second-order valence-corrected chi connectivity index (χ2v) is 4.91. The highest BCUT2D eigenvalue weighted by atomic mass is 16.7. The summed E-state index contributed by atoms with van der Waals surface area (Å²) < 4.78 is 30.3. The molecule has 0 amide bonds. The minimum absolute atomic E-state index is 0.708. The van der Waals surface area contributed by atoms with Gasteiger partial charge in [0.15, 0.2) is 30.7 Å². The van der Waals surface area contributed by atoms with Crippen molar-refractivity contribution in [3.63, 3.8) is 0 Å². The number of carbonyl (C=O) groups excluding carboxylic acids is 4. The monoisotopic (exact) mass is 348 g/mol. The van der Waals surface area contributed by atoms with Crippen molar-refractivity contribution in [1.29, 1.82) is 0 Å². The summed E-state index contributed by atoms with van der Waals surface area (Å²) >= 11 is 0. The summed E-state index contributed by atoms with van der Waals surface area (Å²) in [6, 6.07) is 0. The molecule has 1 heterocycles. The Hall–Kier alpha value is -2.20. The van der Waals surface area contributed by atoms with E-state index in [9.17, 15) is 19.2 Å². The zero-order valence-electron chi connectivity index (χ0n) is 14.0. The van der Waals surface area contributed by atoms with Crippen LogP contribution >= 0.6 is 0 Å². The second kappa shape index (κ2) is 8.60. The maximum Gasteiger partial charge on any atom is 0.339 e. The van der Waals surface area contributed by atoms with Crippen LogP contribution in [0.2, 0.25) is 0 Å². The molecule has 0 aromatic carbocycles. The smallest absolute Gasteiger partial charge is 0.339 e. The molecular formula is C14H20O10. The van der Waals surface area contributed by atoms with E-state index in [0.29, 0.717) is 0 Å². The SMILES string of the molecule is COC(=O)[C@H]1O[C@H](OC)[C@@H](OC(C)=O)[C@H](OC(C)=O)[C@H]1OC(C)=O. The van der Waals surface area contributed by atoms with Crippen molar-refractivity contribution in [1.82, 2.24) is 0 Å². The first kappa shape index (κ1) is 19.8. The Morgan fingerprint density at radius 1 is 0.750 bits per heavy atom. The van der Waals surface area contributed by atoms with Gasteiger partial charge in [0, 0.05) is 27.9 Å². The highest BCUT2D eigenvalue weighted by Gasteiger charge is 2.54. The van der Waals surface area contributed by atoms with Crippen molar-refractivity contribution in [3.8, 4) is 0 Å². The summed E-state index contributed by atoms with van der Waals surface area (Å²) in [5.41, 5.74) is 0. The number of carbonyl (C=O) groups is 4. The van der Waals surface area contributed by atoms with Crippen LogP contribution in [0, 0.1) is 0 Å². The lowest BCUT2D eigenvalue weighted by molar-refractivity contribution is -0.296. The molecule has 1 rings (SSSR count). The second-order valence-electron chi connectivity index (χ2n) is 4.91. The normalized spacial score (nSPS) is 29.3. The number of ether oxygens (including phenoxy) is 6. The van der Waals surface area contributed by atoms with Crippen LogP contribution in [0.4, 0.5) is 0 Å². The summed E-state index contributed by atoms with van der Waals surface area (Å²) in [5.74, 6) is -3.08. The van der Waals surface area contributed by atoms with Gasteiger partial charge in [-0.05, 0) is 0 Å². The minimum atomic E-state index is -1.43. The molecule has 0 bridgehead atoms. The van der Waals surface area contributed by atoms with E-state index in [1.807, 2.05) is 0 Å². The van der Waals surface area contributed by atoms with Gasteiger partial charge in [0.2, 0.25) is 0 Å². The van der Waals surface area contributed by atoms with Crippen LogP contribution in [-0.4, -0.2) is 68.8 Å². The molecule has 0 aromatic rings. The van der Waals surface area contributed by atoms with Crippen LogP contribution in [0.5, 0.6) is 0 Å². The van der Waals surface area contributed by atoms with Gasteiger partial charge in [-0.25, -0.2) is 4.79 Å². The van der Waals surface area contributed by atoms with E-state index in [0.717, 1.165) is 27.9 Å². The molecule has 136 valence electrons. The third-order valence-corrected chi connectivity index (χ3v) is 3.07. The van der Waals surface area contributed by atoms with Gasteiger partial charge in [0.05, 0.1) is 7.11 Å². The predicted molar refractivity (Wildman–Crippen MR) is 74.3 cm³/mol. The Morgan fingerprint density at radius 2 is 1.21 bits per heavy atom. The standard InChI is InChI=1S/C14H20O10/c1-6(15)21-9-10(22-7(2)16)12(23-8(3)17)14(20-5)24-11(9)13(18)19-4/h9-12,14H,1-5H3/t9-,10-,11+,12+,14+/m1/s1. The largest absolute Gasteiger partial charge is 0.467 e. The Bertz CT molecular complexity index is 502. The fraction of sp³-hybridized carbons (Fsp3) is 0.714. The predicted octanol–water partition coefficient (Wildman–Crippen LogP) is -0.674. The fourth-order valence-electron chi connectivity index (χ4n) is 2.27. The zero-order valence-corrected chi connectivity index (χ0v) is 14.0. The molecule has 0 N–H and O–H groups in total. The summed E-state index contributed by atoms with van der Waals surface area (Å²) in [6.45, 7) is 3.34. The van der Waals surface area contributed by atoms with Gasteiger partial charge in [-0.15, -0.1) is 0 Å². The maximum atomic E-state index is 11.9. The Kier molecular flexibility index (Phi) is 7.11. The summed E-state index contributed by atoms with van der Waals surface area (Å²) in [5, 5.41) is 0. The van der Waals surface area contributed by atoms with E-state index in [1.54, 1.807) is 0 Å². The molecule has 24 heavy (non-hydrogen) atoms. The molecule has 10 heteroatoms. The highest BCUT2D eigenvalue weighted by Crippen LogP contribution is 2.29. The summed E-state index contributed by atoms with van der Waals surface area (Å²) in [7, 11) is 2.35. The molecule has 0 saturated carbocycles. The molecular weight excluding hydrogens is 328 g/mol. The topological polar surface area (TPSA) is 124 Å². The number of hydrogen-bond donors (Lipinski definition) is 0. The molecule has 1 aliphatic heterocycles. The number of rotatable bonds is 5. The first-order valence-electron chi connectivity index (χ1n) is 6.99. The van der Waals surface area contributed by atoms with Gasteiger partial charge in [-0.1, -0.05) is 0 Å². The molecule has 1 saturated heterocycles. The van der Waals surface area contributed by atoms with Crippen molar-refractivity contribution in [2.75, 3.05) is 14.2 Å². The third-order valence-electron chi connectivity index (χ3n) is 3.07. The molecule has 0 aromatic heterocycles. The number of esters is 4. The average Bonchev–Trinajstić information content (AvgIpc) is 2.48. The van der Waals surface area contributed by atoms with Gasteiger partial charge in [0.1, 0.15) is 0 Å². The lowest BCUT2D eigenvalue weighted by Gasteiger charge is -2.42. The van der Waals surface area contributed by atoms with Crippen molar-refractivity contribution in [2.45, 2.75) is 51.5 Å². The molecule has 1 fully saturated rings. The van der Waals surface area contributed by atoms with Crippen LogP contribution in [0.15, 0.2) is 0 Å². The fourth-order valence-corrected chi connectivity index (χ4v) is 2.27. The molecule has 5 atom stereocenters. The summed E-state index contributed by atoms with van der Waals surface area (Å²) in [4.78, 5) is 46.1. The Balaban J connectivity index is 3.28. The van der Waals surface area contributed by atoms with Crippen LogP contribution in [0.25, 0.3) is 0 Å². The minimum Gasteiger partial charge on any atom is -0.467 e. The van der Waals surface area contributed by atoms with E-state index in [-0.39, 0.29) is 0 Å². The van der Waals surface area contributed by atoms with E-state index >= 15 is 0 Å². The quantitative estimate of drug-likeness (QED) is 0.466. The molecule has 1 aliphatic rings. The molecule has 0 aliphatic carbocycles. The van der Waals surface area contributed by atoms with Crippen LogP contribution < -0.4 is 0 Å². The van der Waals surface area contributed by atoms with E-state index < -0.39 is 54.6 Å². The molecule has 0 radical (unpaired) electrons. The van der Waals surface area contributed by atoms with Gasteiger partial charge >= 0.3 is 23.9 Å². The van der Waals surface area contributed by atoms with Crippen molar-refractivity contribution < 1.29 is 47.6 Å². The average molecular weight is 348 g/mol. The molecule has 10 nitrogen and oxygen atoms in total. The number of hydrogen-bond acceptors (Lipinski definition) is 10. The van der Waals surface area contributed by atoms with E-state index in [2.05, 4.69) is 4.74 Å². The van der Waals surface area contributed by atoms with Crippen molar-refractivity contribution in [3.05, 3.63) is 0 Å². The van der Waals surface area contributed by atoms with Gasteiger partial charge in [-0.2, -0.15) is 0 Å². The lowest BCUT2D eigenvalue weighted by Crippen LogP contribution is -2.63. The molecule has 0 spiro atoms. The highest BCUT2D eigenvalue weighted by molar-refractivity contribution is 5.77. The first-order valence-corrected chi connectivity index (χ1v) is 6.99. The van der Waals surface area contributed by atoms with Crippen LogP contribution in [0.1, 0.15) is 20.8 Å².